The Kier molecular flexibility index (Phi) is 8.99. The Morgan fingerprint density at radius 1 is 0.500 bits per heavy atom. The topological polar surface area (TPSA) is 18.5 Å². The molecule has 0 spiro atoms. The highest BCUT2D eigenvalue weighted by molar-refractivity contribution is 5.84. The van der Waals surface area contributed by atoms with Crippen molar-refractivity contribution in [3.05, 3.63) is 102 Å². The molecule has 0 radical (unpaired) electrons. The maximum Gasteiger partial charge on any atom is 0.127 e. The predicted octanol–water partition coefficient (Wildman–Crippen LogP) is 11.8. The van der Waals surface area contributed by atoms with Gasteiger partial charge in [0.1, 0.15) is 11.5 Å². The van der Waals surface area contributed by atoms with Crippen molar-refractivity contribution < 1.29 is 9.47 Å². The molecule has 0 fully saturated rings. The van der Waals surface area contributed by atoms with E-state index in [1.807, 2.05) is 0 Å². The van der Waals surface area contributed by atoms with Gasteiger partial charge in [-0.25, -0.2) is 0 Å². The SMILES string of the molecule is CCCc1c(C)c(C)c(-c2c(C)c(C)c(C3COc4ccc5c(c4-c4c(ccc6c4CCCC6)OC3)CCCC5)c(C)c2C)c(C)c1C. The van der Waals surface area contributed by atoms with Crippen molar-refractivity contribution in [3.8, 4) is 33.8 Å². The van der Waals surface area contributed by atoms with Crippen LogP contribution in [0.1, 0.15) is 123 Å². The molecular weight excluding hydrogens is 585 g/mol. The van der Waals surface area contributed by atoms with Gasteiger partial charge in [-0.2, -0.15) is 0 Å². The largest absolute Gasteiger partial charge is 0.492 e. The average molecular weight is 641 g/mol. The molecule has 0 saturated heterocycles. The molecule has 1 heterocycles. The molecule has 2 heteroatoms. The van der Waals surface area contributed by atoms with Gasteiger partial charge in [0.2, 0.25) is 0 Å². The second kappa shape index (κ2) is 13.1. The van der Waals surface area contributed by atoms with Crippen molar-refractivity contribution in [1.82, 2.24) is 0 Å². The average Bonchev–Trinajstić information content (AvgIpc) is 3.18. The summed E-state index contributed by atoms with van der Waals surface area (Å²) in [5.41, 5.74) is 25.9. The molecule has 0 atom stereocenters. The fourth-order valence-electron chi connectivity index (χ4n) is 9.72. The van der Waals surface area contributed by atoms with Crippen LogP contribution in [0.2, 0.25) is 0 Å². The van der Waals surface area contributed by atoms with Crippen molar-refractivity contribution >= 4 is 0 Å². The second-order valence-corrected chi connectivity index (χ2v) is 15.3. The van der Waals surface area contributed by atoms with Gasteiger partial charge in [0.25, 0.3) is 0 Å². The summed E-state index contributed by atoms with van der Waals surface area (Å²) in [6.07, 6.45) is 12.0. The Morgan fingerprint density at radius 2 is 0.917 bits per heavy atom. The van der Waals surface area contributed by atoms with Crippen LogP contribution in [0, 0.1) is 55.4 Å². The van der Waals surface area contributed by atoms with Crippen LogP contribution in [0.15, 0.2) is 24.3 Å². The Morgan fingerprint density at radius 3 is 1.35 bits per heavy atom. The summed E-state index contributed by atoms with van der Waals surface area (Å²) in [5.74, 6) is 2.23. The van der Waals surface area contributed by atoms with Crippen LogP contribution in [-0.4, -0.2) is 13.2 Å². The van der Waals surface area contributed by atoms with Gasteiger partial charge >= 0.3 is 0 Å². The molecule has 0 N–H and O–H groups in total. The molecule has 48 heavy (non-hydrogen) atoms. The van der Waals surface area contributed by atoms with E-state index in [0.717, 1.165) is 30.8 Å². The maximum atomic E-state index is 7.02. The van der Waals surface area contributed by atoms with Gasteiger partial charge in [0, 0.05) is 11.1 Å². The fraction of sp³-hybridized carbons (Fsp3) is 0.478. The van der Waals surface area contributed by atoms with Crippen LogP contribution >= 0.6 is 0 Å². The Labute approximate surface area is 290 Å². The van der Waals surface area contributed by atoms with Gasteiger partial charge in [-0.3, -0.25) is 0 Å². The normalized spacial score (nSPS) is 16.0. The molecule has 1 aliphatic heterocycles. The molecule has 0 saturated carbocycles. The second-order valence-electron chi connectivity index (χ2n) is 15.3. The smallest absolute Gasteiger partial charge is 0.127 e. The molecule has 0 unspecified atom stereocenters. The van der Waals surface area contributed by atoms with Crippen LogP contribution in [0.5, 0.6) is 11.5 Å². The molecule has 7 rings (SSSR count). The van der Waals surface area contributed by atoms with E-state index in [1.54, 1.807) is 5.56 Å². The number of benzene rings is 4. The van der Waals surface area contributed by atoms with Crippen molar-refractivity contribution in [2.45, 2.75) is 132 Å². The number of ether oxygens (including phenoxy) is 2. The molecule has 3 aliphatic rings. The predicted molar refractivity (Wildman–Crippen MR) is 203 cm³/mol. The molecule has 4 aromatic rings. The van der Waals surface area contributed by atoms with Gasteiger partial charge in [-0.05, 0) is 214 Å². The summed E-state index contributed by atoms with van der Waals surface area (Å²) >= 11 is 0. The van der Waals surface area contributed by atoms with Crippen molar-refractivity contribution in [2.24, 2.45) is 0 Å². The zero-order valence-electron chi connectivity index (χ0n) is 31.2. The van der Waals surface area contributed by atoms with Crippen LogP contribution in [0.3, 0.4) is 0 Å². The molecule has 0 bridgehead atoms. The van der Waals surface area contributed by atoms with Gasteiger partial charge in [0.05, 0.1) is 19.1 Å². The van der Waals surface area contributed by atoms with E-state index in [1.165, 1.54) is 140 Å². The van der Waals surface area contributed by atoms with E-state index in [4.69, 9.17) is 9.47 Å². The van der Waals surface area contributed by atoms with E-state index in [0.29, 0.717) is 13.2 Å². The molecule has 2 aliphatic carbocycles. The van der Waals surface area contributed by atoms with E-state index < -0.39 is 0 Å². The molecule has 0 amide bonds. The summed E-state index contributed by atoms with van der Waals surface area (Å²) in [7, 11) is 0. The van der Waals surface area contributed by atoms with Crippen LogP contribution < -0.4 is 9.47 Å². The van der Waals surface area contributed by atoms with Crippen molar-refractivity contribution in [3.63, 3.8) is 0 Å². The highest BCUT2D eigenvalue weighted by Crippen LogP contribution is 2.49. The first-order chi connectivity index (χ1) is 23.1. The van der Waals surface area contributed by atoms with Gasteiger partial charge in [-0.15, -0.1) is 0 Å². The van der Waals surface area contributed by atoms with E-state index >= 15 is 0 Å². The number of hydrogen-bond donors (Lipinski definition) is 0. The molecular formula is C46H56O2. The molecule has 0 aromatic heterocycles. The summed E-state index contributed by atoms with van der Waals surface area (Å²) in [6, 6.07) is 9.28. The van der Waals surface area contributed by atoms with E-state index in [2.05, 4.69) is 86.6 Å². The van der Waals surface area contributed by atoms with Crippen LogP contribution in [0.4, 0.5) is 0 Å². The zero-order valence-corrected chi connectivity index (χ0v) is 31.2. The highest BCUT2D eigenvalue weighted by atomic mass is 16.5. The minimum absolute atomic E-state index is 0.125. The monoisotopic (exact) mass is 640 g/mol. The standard InChI is InChI=1S/C46H56O2/c1-10-15-37-26(2)28(4)43(29(5)27(37)3)44-32(8)30(6)42(31(7)33(44)9)36-24-47-40-22-20-34-16-11-13-18-38(34)45(40)46-39-19-14-12-17-35(39)21-23-41(46)48-25-36/h20-23,36H,10-19,24-25H2,1-9H3. The summed E-state index contributed by atoms with van der Waals surface area (Å²) in [5, 5.41) is 0. The Bertz CT molecular complexity index is 1790. The lowest BCUT2D eigenvalue weighted by atomic mass is 9.77. The fourth-order valence-corrected chi connectivity index (χ4v) is 9.72. The summed E-state index contributed by atoms with van der Waals surface area (Å²) in [4.78, 5) is 0. The first-order valence-corrected chi connectivity index (χ1v) is 18.9. The lowest BCUT2D eigenvalue weighted by Gasteiger charge is -2.29. The molecule has 4 aromatic carbocycles. The van der Waals surface area contributed by atoms with Gasteiger partial charge in [0.15, 0.2) is 0 Å². The Hall–Kier alpha value is -3.52. The summed E-state index contributed by atoms with van der Waals surface area (Å²) in [6.45, 7) is 22.3. The molecule has 2 nitrogen and oxygen atoms in total. The minimum Gasteiger partial charge on any atom is -0.492 e. The van der Waals surface area contributed by atoms with E-state index in [9.17, 15) is 0 Å². The molecule has 252 valence electrons. The lowest BCUT2D eigenvalue weighted by molar-refractivity contribution is 0.222. The minimum atomic E-state index is 0.125. The van der Waals surface area contributed by atoms with Crippen molar-refractivity contribution in [2.75, 3.05) is 13.2 Å². The van der Waals surface area contributed by atoms with E-state index in [-0.39, 0.29) is 5.92 Å². The Balaban J connectivity index is 1.37. The zero-order chi connectivity index (χ0) is 33.9. The van der Waals surface area contributed by atoms with Crippen LogP contribution in [-0.2, 0) is 32.1 Å². The highest BCUT2D eigenvalue weighted by Gasteiger charge is 2.31. The van der Waals surface area contributed by atoms with Crippen LogP contribution in [0.25, 0.3) is 22.3 Å². The quantitative estimate of drug-likeness (QED) is 0.221. The van der Waals surface area contributed by atoms with Gasteiger partial charge in [-0.1, -0.05) is 25.5 Å². The summed E-state index contributed by atoms with van der Waals surface area (Å²) < 4.78 is 14.0. The van der Waals surface area contributed by atoms with Gasteiger partial charge < -0.3 is 9.47 Å². The number of rotatable bonds is 4. The number of fused-ring (bicyclic) bond motifs is 7. The first kappa shape index (κ1) is 33.0. The third kappa shape index (κ3) is 5.30. The van der Waals surface area contributed by atoms with Crippen molar-refractivity contribution in [1.29, 1.82) is 0 Å². The first-order valence-electron chi connectivity index (χ1n) is 18.9. The third-order valence-electron chi connectivity index (χ3n) is 12.7. The number of hydrogen-bond acceptors (Lipinski definition) is 2. The number of aryl methyl sites for hydroxylation is 2. The lowest BCUT2D eigenvalue weighted by Crippen LogP contribution is -2.21. The maximum absolute atomic E-state index is 7.02. The third-order valence-corrected chi connectivity index (χ3v) is 12.7.